The number of alkyl halides is 12. The van der Waals surface area contributed by atoms with E-state index in [4.69, 9.17) is 51.9 Å². The average Bonchev–Trinajstić information content (AvgIpc) is 2.30. The van der Waals surface area contributed by atoms with Crippen molar-refractivity contribution in [1.82, 2.24) is 0 Å². The molecule has 0 rings (SSSR count). The second-order valence-corrected chi connectivity index (χ2v) is 9.08. The third-order valence-corrected chi connectivity index (χ3v) is 3.40. The summed E-state index contributed by atoms with van der Waals surface area (Å²) in [7, 11) is -24.4. The summed E-state index contributed by atoms with van der Waals surface area (Å²) >= 11 is 0. The van der Waals surface area contributed by atoms with Gasteiger partial charge in [-0.2, -0.15) is 52.7 Å². The normalized spacial score (nSPS) is 13.6. The molecule has 0 radical (unpaired) electrons. The van der Waals surface area contributed by atoms with Gasteiger partial charge >= 0.3 is 43.8 Å². The number of halogens is 12. The Hall–Kier alpha value is -0.486. The van der Waals surface area contributed by atoms with E-state index < -0.39 is 62.5 Å². The maximum Gasteiger partial charge on any atom is 4.00 e. The Morgan fingerprint density at radius 2 is 0.364 bits per heavy atom. The van der Waals surface area contributed by atoms with Crippen LogP contribution in [0.5, 0.6) is 0 Å². The van der Waals surface area contributed by atoms with Crippen LogP contribution in [0.25, 0.3) is 0 Å². The third-order valence-electron chi connectivity index (χ3n) is 1.13. The third kappa shape index (κ3) is 21.8. The minimum Gasteiger partial charge on any atom is -0.741 e. The van der Waals surface area contributed by atoms with Crippen molar-refractivity contribution >= 4 is 40.5 Å². The van der Waals surface area contributed by atoms with Crippen molar-refractivity contribution in [3.05, 3.63) is 0 Å². The SMILES string of the molecule is O=S(=O)([O-])C(F)(F)F.O=S(=O)([O-])C(F)(F)F.O=S(=O)([O-])C(F)(F)F.O=S(=O)([O-])C(F)(F)F.[Ti+4]. The van der Waals surface area contributed by atoms with Crippen LogP contribution in [0.4, 0.5) is 52.7 Å². The maximum absolute atomic E-state index is 10.7. The fourth-order valence-corrected chi connectivity index (χ4v) is 0. The minimum absolute atomic E-state index is 0. The van der Waals surface area contributed by atoms with Crippen LogP contribution in [0.2, 0.25) is 0 Å². The zero-order chi connectivity index (χ0) is 28.0. The van der Waals surface area contributed by atoms with Crippen molar-refractivity contribution in [1.29, 1.82) is 0 Å². The van der Waals surface area contributed by atoms with E-state index in [0.717, 1.165) is 0 Å². The minimum atomic E-state index is -6.09. The quantitative estimate of drug-likeness (QED) is 0.149. The zero-order valence-corrected chi connectivity index (χ0v) is 18.4. The molecule has 200 valence electrons. The average molecular weight is 644 g/mol. The van der Waals surface area contributed by atoms with Gasteiger partial charge < -0.3 is 18.2 Å². The molecule has 12 nitrogen and oxygen atoms in total. The summed E-state index contributed by atoms with van der Waals surface area (Å²) in [5.74, 6) is 0. The first-order chi connectivity index (χ1) is 13.0. The Kier molecular flexibility index (Phi) is 16.8. The van der Waals surface area contributed by atoms with Crippen LogP contribution in [0, 0.1) is 0 Å². The molecule has 0 saturated carbocycles. The van der Waals surface area contributed by atoms with E-state index in [1.807, 2.05) is 0 Å². The van der Waals surface area contributed by atoms with Gasteiger partial charge in [-0.3, -0.25) is 0 Å². The maximum atomic E-state index is 10.7. The molecule has 29 heteroatoms. The predicted molar refractivity (Wildman–Crippen MR) is 63.0 cm³/mol. The molecular weight excluding hydrogens is 644 g/mol. The van der Waals surface area contributed by atoms with Crippen LogP contribution in [0.1, 0.15) is 0 Å². The van der Waals surface area contributed by atoms with Gasteiger partial charge in [-0.15, -0.1) is 0 Å². The molecule has 0 spiro atoms. The van der Waals surface area contributed by atoms with E-state index in [1.54, 1.807) is 0 Å². The molecular formula is C4F12O12S4Ti. The van der Waals surface area contributed by atoms with Gasteiger partial charge in [0.05, 0.1) is 0 Å². The summed E-state index contributed by atoms with van der Waals surface area (Å²) < 4.78 is 236. The Bertz CT molecular complexity index is 828. The van der Waals surface area contributed by atoms with Gasteiger partial charge in [0, 0.05) is 0 Å². The summed E-state index contributed by atoms with van der Waals surface area (Å²) in [5.41, 5.74) is -22.6. The van der Waals surface area contributed by atoms with E-state index in [2.05, 4.69) is 0 Å². The Morgan fingerprint density at radius 1 is 0.333 bits per heavy atom. The van der Waals surface area contributed by atoms with Crippen LogP contribution in [0.15, 0.2) is 0 Å². The van der Waals surface area contributed by atoms with E-state index >= 15 is 0 Å². The Morgan fingerprint density at radius 3 is 0.364 bits per heavy atom. The van der Waals surface area contributed by atoms with Gasteiger partial charge in [-0.1, -0.05) is 0 Å². The number of hydrogen-bond acceptors (Lipinski definition) is 12. The second kappa shape index (κ2) is 13.0. The molecule has 0 bridgehead atoms. The fraction of sp³-hybridized carbons (Fsp3) is 1.00. The second-order valence-electron chi connectivity index (χ2n) is 3.60. The van der Waals surface area contributed by atoms with Crippen LogP contribution in [-0.4, -0.2) is 73.9 Å². The van der Waals surface area contributed by atoms with Crippen molar-refractivity contribution in [2.75, 3.05) is 0 Å². The van der Waals surface area contributed by atoms with E-state index in [1.165, 1.54) is 0 Å². The van der Waals surface area contributed by atoms with Crippen LogP contribution < -0.4 is 0 Å². The molecule has 0 unspecified atom stereocenters. The smallest absolute Gasteiger partial charge is 0.741 e. The topological polar surface area (TPSA) is 229 Å². The van der Waals surface area contributed by atoms with Crippen molar-refractivity contribution in [2.24, 2.45) is 0 Å². The first-order valence-corrected chi connectivity index (χ1v) is 10.7. The summed E-state index contributed by atoms with van der Waals surface area (Å²) in [6.07, 6.45) is 0. The molecule has 33 heavy (non-hydrogen) atoms. The van der Waals surface area contributed by atoms with E-state index in [9.17, 15) is 52.7 Å². The van der Waals surface area contributed by atoms with Gasteiger partial charge in [0.1, 0.15) is 0 Å². The van der Waals surface area contributed by atoms with Crippen LogP contribution in [0.3, 0.4) is 0 Å². The van der Waals surface area contributed by atoms with Crippen molar-refractivity contribution < 1.29 is 126 Å². The Balaban J connectivity index is -0.000000105. The molecule has 0 aliphatic heterocycles. The molecule has 0 aromatic heterocycles. The van der Waals surface area contributed by atoms with Gasteiger partial charge in [0.15, 0.2) is 40.5 Å². The number of hydrogen-bond donors (Lipinski definition) is 0. The van der Waals surface area contributed by atoms with Crippen LogP contribution >= 0.6 is 0 Å². The standard InChI is InChI=1S/4CHF3O3S.Ti/c4*2-1(3,4)8(5,6)7;/h4*(H,5,6,7);/q;;;;+4/p-4. The van der Waals surface area contributed by atoms with Crippen molar-refractivity contribution in [2.45, 2.75) is 22.0 Å². The summed E-state index contributed by atoms with van der Waals surface area (Å²) in [6, 6.07) is 0. The predicted octanol–water partition coefficient (Wildman–Crippen LogP) is 0.203. The first-order valence-electron chi connectivity index (χ1n) is 5.08. The summed E-state index contributed by atoms with van der Waals surface area (Å²) in [6.45, 7) is 0. The van der Waals surface area contributed by atoms with Gasteiger partial charge in [0.25, 0.3) is 0 Å². The molecule has 0 heterocycles. The molecule has 0 fully saturated rings. The monoisotopic (exact) mass is 644 g/mol. The molecule has 0 atom stereocenters. The molecule has 0 aliphatic rings. The largest absolute Gasteiger partial charge is 4.00 e. The summed E-state index contributed by atoms with van der Waals surface area (Å²) in [4.78, 5) is 0. The Labute approximate surface area is 188 Å². The van der Waals surface area contributed by atoms with E-state index in [0.29, 0.717) is 0 Å². The van der Waals surface area contributed by atoms with E-state index in [-0.39, 0.29) is 21.7 Å². The zero-order valence-electron chi connectivity index (χ0n) is 13.6. The fourth-order valence-electron chi connectivity index (χ4n) is 0. The van der Waals surface area contributed by atoms with Gasteiger partial charge in [-0.25, -0.2) is 33.7 Å². The number of rotatable bonds is 0. The molecule has 0 aliphatic carbocycles. The summed E-state index contributed by atoms with van der Waals surface area (Å²) in [5, 5.41) is 0. The molecule has 0 saturated heterocycles. The van der Waals surface area contributed by atoms with Crippen molar-refractivity contribution in [3.8, 4) is 0 Å². The van der Waals surface area contributed by atoms with Gasteiger partial charge in [-0.05, 0) is 0 Å². The molecule has 0 N–H and O–H groups in total. The van der Waals surface area contributed by atoms with Gasteiger partial charge in [0.2, 0.25) is 0 Å². The van der Waals surface area contributed by atoms with Crippen molar-refractivity contribution in [3.63, 3.8) is 0 Å². The van der Waals surface area contributed by atoms with Crippen LogP contribution in [-0.2, 0) is 62.2 Å². The molecule has 0 amide bonds. The first kappa shape index (κ1) is 42.7. The molecule has 0 aromatic rings. The molecule has 0 aromatic carbocycles.